The van der Waals surface area contributed by atoms with Crippen LogP contribution in [0.2, 0.25) is 5.02 Å². The van der Waals surface area contributed by atoms with Crippen LogP contribution in [0.25, 0.3) is 11.8 Å². The van der Waals surface area contributed by atoms with Crippen LogP contribution in [0.4, 0.5) is 0 Å². The molecule has 1 aliphatic rings. The Hall–Kier alpha value is -4.18. The van der Waals surface area contributed by atoms with Gasteiger partial charge in [-0.25, -0.2) is 14.6 Å². The fourth-order valence-electron chi connectivity index (χ4n) is 4.02. The summed E-state index contributed by atoms with van der Waals surface area (Å²) in [6, 6.07) is 8.30. The summed E-state index contributed by atoms with van der Waals surface area (Å²) in [6.45, 7) is 1.57. The molecular weight excluding hydrogens is 516 g/mol. The van der Waals surface area contributed by atoms with E-state index in [0.29, 0.717) is 51.5 Å². The highest BCUT2D eigenvalue weighted by Gasteiger charge is 2.21. The monoisotopic (exact) mass is 542 g/mol. The Kier molecular flexibility index (Phi) is 8.42. The van der Waals surface area contributed by atoms with Crippen LogP contribution in [0.3, 0.4) is 0 Å². The number of nitrogens with zero attached hydrogens (tertiary/aromatic N) is 2. The summed E-state index contributed by atoms with van der Waals surface area (Å²) in [5.74, 6) is 0.154. The van der Waals surface area contributed by atoms with Gasteiger partial charge < -0.3 is 29.2 Å². The minimum atomic E-state index is -1.13. The minimum absolute atomic E-state index is 0.0191. The molecule has 10 nitrogen and oxygen atoms in total. The van der Waals surface area contributed by atoms with Crippen LogP contribution >= 0.6 is 11.6 Å². The second-order valence-electron chi connectivity index (χ2n) is 8.50. The zero-order chi connectivity index (χ0) is 27.2. The van der Waals surface area contributed by atoms with Gasteiger partial charge in [0, 0.05) is 35.6 Å². The van der Waals surface area contributed by atoms with E-state index in [0.717, 1.165) is 12.8 Å². The van der Waals surface area contributed by atoms with Crippen molar-refractivity contribution in [3.63, 3.8) is 0 Å². The highest BCUT2D eigenvalue weighted by atomic mass is 35.5. The van der Waals surface area contributed by atoms with E-state index in [9.17, 15) is 19.8 Å². The number of carboxylic acid groups (broad SMARTS) is 2. The topological polar surface area (TPSA) is 129 Å². The van der Waals surface area contributed by atoms with Crippen LogP contribution in [-0.2, 0) is 22.4 Å². The van der Waals surface area contributed by atoms with Crippen molar-refractivity contribution in [1.29, 1.82) is 0 Å². The maximum Gasteiger partial charge on any atom is 0.341 e. The average Bonchev–Trinajstić information content (AvgIpc) is 3.51. The van der Waals surface area contributed by atoms with Crippen LogP contribution in [0.5, 0.6) is 23.0 Å². The molecule has 11 heteroatoms. The molecule has 0 aliphatic carbocycles. The Morgan fingerprint density at radius 1 is 1.18 bits per heavy atom. The number of aromatic nitrogens is 2. The molecular formula is C27H27ClN2O8. The number of benzene rings is 2. The van der Waals surface area contributed by atoms with Crippen LogP contribution in [0, 0.1) is 0 Å². The Balaban J connectivity index is 1.80. The largest absolute Gasteiger partial charge is 0.497 e. The van der Waals surface area contributed by atoms with Gasteiger partial charge in [0.25, 0.3) is 0 Å². The van der Waals surface area contributed by atoms with E-state index in [4.69, 9.17) is 30.5 Å². The van der Waals surface area contributed by atoms with Crippen molar-refractivity contribution in [2.75, 3.05) is 20.5 Å². The first-order valence-electron chi connectivity index (χ1n) is 11.9. The predicted octanol–water partition coefficient (Wildman–Crippen LogP) is 4.78. The number of hydrogen-bond acceptors (Lipinski definition) is 7. The molecule has 3 aromatic rings. The van der Waals surface area contributed by atoms with Crippen LogP contribution < -0.4 is 18.9 Å². The van der Waals surface area contributed by atoms with Gasteiger partial charge in [0.1, 0.15) is 17.3 Å². The summed E-state index contributed by atoms with van der Waals surface area (Å²) < 4.78 is 23.4. The lowest BCUT2D eigenvalue weighted by Gasteiger charge is -2.17. The molecule has 1 aliphatic heterocycles. The minimum Gasteiger partial charge on any atom is -0.497 e. The number of imidazole rings is 1. The number of unbranched alkanes of at least 4 members (excludes halogenated alkanes) is 1. The number of rotatable bonds is 12. The molecule has 2 aromatic carbocycles. The number of halogens is 1. The van der Waals surface area contributed by atoms with Crippen molar-refractivity contribution in [1.82, 2.24) is 9.55 Å². The molecule has 0 bridgehead atoms. The third-order valence-electron chi connectivity index (χ3n) is 5.89. The van der Waals surface area contributed by atoms with Crippen molar-refractivity contribution in [3.8, 4) is 28.7 Å². The van der Waals surface area contributed by atoms with E-state index in [2.05, 4.69) is 11.9 Å². The van der Waals surface area contributed by atoms with E-state index >= 15 is 0 Å². The normalized spacial score (nSPS) is 12.4. The lowest BCUT2D eigenvalue weighted by Crippen LogP contribution is -2.13. The summed E-state index contributed by atoms with van der Waals surface area (Å²) in [7, 11) is 1.49. The van der Waals surface area contributed by atoms with Crippen LogP contribution in [0.1, 0.15) is 36.8 Å². The van der Waals surface area contributed by atoms with Gasteiger partial charge in [0.2, 0.25) is 6.79 Å². The third kappa shape index (κ3) is 6.03. The quantitative estimate of drug-likeness (QED) is 0.310. The Bertz CT molecular complexity index is 1380. The molecule has 0 amide bonds. The summed E-state index contributed by atoms with van der Waals surface area (Å²) in [4.78, 5) is 28.1. The summed E-state index contributed by atoms with van der Waals surface area (Å²) in [6.07, 6.45) is 5.51. The maximum atomic E-state index is 12.3. The van der Waals surface area contributed by atoms with Gasteiger partial charge in [0.15, 0.2) is 18.1 Å². The zero-order valence-electron chi connectivity index (χ0n) is 20.9. The van der Waals surface area contributed by atoms with Gasteiger partial charge in [-0.2, -0.15) is 0 Å². The molecule has 2 N–H and O–H groups in total. The SMILES string of the molecule is CCCCc1ncc(C=C(Cc2cc3c(cc2Cl)OCO3)C(=O)O)n1-c1ccc(OC)cc1OCC(=O)O. The lowest BCUT2D eigenvalue weighted by molar-refractivity contribution is -0.139. The number of hydrogen-bond donors (Lipinski definition) is 2. The highest BCUT2D eigenvalue weighted by molar-refractivity contribution is 6.31. The maximum absolute atomic E-state index is 12.3. The van der Waals surface area contributed by atoms with Crippen molar-refractivity contribution < 1.29 is 38.7 Å². The van der Waals surface area contributed by atoms with Gasteiger partial charge >= 0.3 is 11.9 Å². The Morgan fingerprint density at radius 2 is 1.95 bits per heavy atom. The van der Waals surface area contributed by atoms with Gasteiger partial charge in [0.05, 0.1) is 24.7 Å². The van der Waals surface area contributed by atoms with Gasteiger partial charge in [-0.15, -0.1) is 0 Å². The van der Waals surface area contributed by atoms with Crippen LogP contribution in [-0.4, -0.2) is 52.2 Å². The number of carbonyl (C=O) groups is 2. The van der Waals surface area contributed by atoms with Crippen molar-refractivity contribution in [2.24, 2.45) is 0 Å². The number of methoxy groups -OCH3 is 1. The van der Waals surface area contributed by atoms with Crippen molar-refractivity contribution in [3.05, 3.63) is 64.2 Å². The molecule has 0 saturated heterocycles. The molecule has 2 heterocycles. The molecule has 0 radical (unpaired) electrons. The first-order valence-corrected chi connectivity index (χ1v) is 12.3. The first kappa shape index (κ1) is 26.9. The zero-order valence-corrected chi connectivity index (χ0v) is 21.7. The fraction of sp³-hybridized carbons (Fsp3) is 0.296. The van der Waals surface area contributed by atoms with E-state index in [1.54, 1.807) is 41.1 Å². The third-order valence-corrected chi connectivity index (χ3v) is 6.25. The molecule has 0 spiro atoms. The first-order chi connectivity index (χ1) is 18.3. The number of aryl methyl sites for hydroxylation is 1. The fourth-order valence-corrected chi connectivity index (χ4v) is 4.24. The van der Waals surface area contributed by atoms with E-state index in [-0.39, 0.29) is 24.5 Å². The van der Waals surface area contributed by atoms with E-state index in [1.165, 1.54) is 13.2 Å². The van der Waals surface area contributed by atoms with Crippen molar-refractivity contribution >= 4 is 29.6 Å². The summed E-state index contributed by atoms with van der Waals surface area (Å²) >= 11 is 6.41. The molecule has 200 valence electrons. The molecule has 1 aromatic heterocycles. The van der Waals surface area contributed by atoms with Crippen LogP contribution in [0.15, 0.2) is 42.1 Å². The Labute approximate surface area is 224 Å². The summed E-state index contributed by atoms with van der Waals surface area (Å²) in [5.41, 5.74) is 1.62. The molecule has 38 heavy (non-hydrogen) atoms. The number of ether oxygens (including phenoxy) is 4. The highest BCUT2D eigenvalue weighted by Crippen LogP contribution is 2.38. The lowest BCUT2D eigenvalue weighted by atomic mass is 10.0. The number of aliphatic carboxylic acids is 2. The number of carboxylic acids is 2. The average molecular weight is 543 g/mol. The Morgan fingerprint density at radius 3 is 2.63 bits per heavy atom. The number of fused-ring (bicyclic) bond motifs is 1. The second kappa shape index (κ2) is 11.9. The van der Waals surface area contributed by atoms with Gasteiger partial charge in [-0.1, -0.05) is 24.9 Å². The second-order valence-corrected chi connectivity index (χ2v) is 8.91. The van der Waals surface area contributed by atoms with Gasteiger partial charge in [-0.05, 0) is 36.3 Å². The van der Waals surface area contributed by atoms with Gasteiger partial charge in [-0.3, -0.25) is 4.57 Å². The molecule has 0 unspecified atom stereocenters. The summed E-state index contributed by atoms with van der Waals surface area (Å²) in [5, 5.41) is 19.6. The van der Waals surface area contributed by atoms with E-state index in [1.807, 2.05) is 0 Å². The van der Waals surface area contributed by atoms with E-state index < -0.39 is 18.5 Å². The standard InChI is InChI=1S/C27H27ClN2O8/c1-3-4-5-25-29-13-18(30(25)21-7-6-19(35-2)11-22(21)36-14-26(31)32)9-17(27(33)34)8-16-10-23-24(12-20(16)28)38-15-37-23/h6-7,9-13H,3-5,8,14-15H2,1-2H3,(H,31,32)(H,33,34). The van der Waals surface area contributed by atoms with Crippen molar-refractivity contribution in [2.45, 2.75) is 32.6 Å². The molecule has 0 fully saturated rings. The molecule has 0 atom stereocenters. The molecule has 4 rings (SSSR count). The predicted molar refractivity (Wildman–Crippen MR) is 139 cm³/mol. The smallest absolute Gasteiger partial charge is 0.341 e. The molecule has 0 saturated carbocycles.